The van der Waals surface area contributed by atoms with Gasteiger partial charge in [-0.15, -0.1) is 0 Å². The molecule has 5 rings (SSSR count). The van der Waals surface area contributed by atoms with Gasteiger partial charge in [0.05, 0.1) is 10.0 Å². The first-order valence-corrected chi connectivity index (χ1v) is 14.6. The van der Waals surface area contributed by atoms with E-state index in [4.69, 9.17) is 23.2 Å². The van der Waals surface area contributed by atoms with Crippen LogP contribution in [-0.2, 0) is 0 Å². The molecule has 1 aromatic carbocycles. The van der Waals surface area contributed by atoms with Gasteiger partial charge in [0, 0.05) is 44.4 Å². The Hall–Kier alpha value is -4.24. The van der Waals surface area contributed by atoms with Gasteiger partial charge >= 0.3 is 0 Å². The number of nitriles is 4. The summed E-state index contributed by atoms with van der Waals surface area (Å²) < 4.78 is 0. The van der Waals surface area contributed by atoms with Crippen molar-refractivity contribution < 1.29 is 9.59 Å². The number of fused-ring (bicyclic) bond motifs is 2. The van der Waals surface area contributed by atoms with E-state index in [0.717, 1.165) is 19.3 Å². The van der Waals surface area contributed by atoms with Crippen LogP contribution >= 0.6 is 34.5 Å². The summed E-state index contributed by atoms with van der Waals surface area (Å²) in [4.78, 5) is 26.8. The number of rotatable bonds is 2. The monoisotopic (exact) mass is 594 g/mol. The molecular weight excluding hydrogens is 575 g/mol. The Labute approximate surface area is 251 Å². The molecule has 1 aromatic heterocycles. The van der Waals surface area contributed by atoms with E-state index in [1.165, 1.54) is 23.5 Å². The fraction of sp³-hybridized carbons (Fsp3) is 0.250. The number of halogens is 2. The molecule has 0 radical (unpaired) electrons. The van der Waals surface area contributed by atoms with Crippen molar-refractivity contribution in [3.05, 3.63) is 89.6 Å². The molecule has 0 spiro atoms. The summed E-state index contributed by atoms with van der Waals surface area (Å²) >= 11 is 13.8. The molecule has 2 unspecified atom stereocenters. The topological polar surface area (TPSA) is 129 Å². The summed E-state index contributed by atoms with van der Waals surface area (Å²) in [6.45, 7) is 2.07. The highest BCUT2D eigenvalue weighted by Gasteiger charge is 2.38. The number of carbonyl (C=O) groups excluding carboxylic acids is 2. The van der Waals surface area contributed by atoms with Crippen molar-refractivity contribution in [3.8, 4) is 24.3 Å². The lowest BCUT2D eigenvalue weighted by molar-refractivity contribution is 0.103. The SMILES string of the molecule is CC1(/C=C2\C(=O)c3cscc3C2=C(C#N)C#N)CCCC(/C=C2\C(=O)c3cc(Cl)c(Cl)cc3C2=C(C#N)C#N)CC1. The number of thiophene rings is 1. The molecule has 9 heteroatoms. The van der Waals surface area contributed by atoms with Gasteiger partial charge in [0.1, 0.15) is 35.4 Å². The maximum absolute atomic E-state index is 13.5. The summed E-state index contributed by atoms with van der Waals surface area (Å²) in [5.74, 6) is -0.499. The second-order valence-corrected chi connectivity index (χ2v) is 12.2. The Morgan fingerprint density at radius 3 is 2.02 bits per heavy atom. The summed E-state index contributed by atoms with van der Waals surface area (Å²) in [6, 6.07) is 10.7. The quantitative estimate of drug-likeness (QED) is 0.196. The fourth-order valence-electron chi connectivity index (χ4n) is 5.97. The molecule has 1 heterocycles. The fourth-order valence-corrected chi connectivity index (χ4v) is 7.12. The third-order valence-electron chi connectivity index (χ3n) is 8.03. The Morgan fingerprint density at radius 1 is 0.829 bits per heavy atom. The Balaban J connectivity index is 1.50. The molecule has 41 heavy (non-hydrogen) atoms. The maximum Gasteiger partial charge on any atom is 0.194 e. The van der Waals surface area contributed by atoms with Gasteiger partial charge in [0.15, 0.2) is 11.6 Å². The van der Waals surface area contributed by atoms with Crippen LogP contribution in [0.4, 0.5) is 0 Å². The zero-order chi connectivity index (χ0) is 29.5. The van der Waals surface area contributed by atoms with Crippen molar-refractivity contribution in [1.82, 2.24) is 0 Å². The van der Waals surface area contributed by atoms with E-state index in [9.17, 15) is 30.6 Å². The number of nitrogens with zero attached hydrogens (tertiary/aromatic N) is 4. The average Bonchev–Trinajstić information content (AvgIpc) is 3.55. The van der Waals surface area contributed by atoms with Crippen molar-refractivity contribution in [2.75, 3.05) is 0 Å². The Morgan fingerprint density at radius 2 is 1.39 bits per heavy atom. The van der Waals surface area contributed by atoms with Crippen molar-refractivity contribution in [2.45, 2.75) is 39.0 Å². The van der Waals surface area contributed by atoms with Gasteiger partial charge in [-0.05, 0) is 60.1 Å². The van der Waals surface area contributed by atoms with E-state index >= 15 is 0 Å². The zero-order valence-electron chi connectivity index (χ0n) is 21.8. The summed E-state index contributed by atoms with van der Waals surface area (Å²) in [6.07, 6.45) is 7.49. The van der Waals surface area contributed by atoms with E-state index in [1.807, 2.05) is 36.4 Å². The Kier molecular flexibility index (Phi) is 7.57. The number of allylic oxidation sites excluding steroid dienone is 8. The highest BCUT2D eigenvalue weighted by molar-refractivity contribution is 7.08. The minimum atomic E-state index is -0.390. The predicted octanol–water partition coefficient (Wildman–Crippen LogP) is 8.19. The molecule has 1 saturated carbocycles. The van der Waals surface area contributed by atoms with Crippen LogP contribution < -0.4 is 0 Å². The van der Waals surface area contributed by atoms with Crippen LogP contribution in [0.5, 0.6) is 0 Å². The molecule has 2 aromatic rings. The van der Waals surface area contributed by atoms with Crippen molar-refractivity contribution >= 4 is 57.3 Å². The summed E-state index contributed by atoms with van der Waals surface area (Å²) in [5, 5.41) is 42.5. The van der Waals surface area contributed by atoms with Gasteiger partial charge in [-0.3, -0.25) is 9.59 Å². The molecule has 2 atom stereocenters. The van der Waals surface area contributed by atoms with E-state index in [0.29, 0.717) is 51.8 Å². The number of hydrogen-bond acceptors (Lipinski definition) is 7. The second-order valence-electron chi connectivity index (χ2n) is 10.6. The van der Waals surface area contributed by atoms with Crippen LogP contribution in [0.15, 0.2) is 57.3 Å². The first-order chi connectivity index (χ1) is 19.7. The number of Topliss-reactive ketones (excluding diaryl/α,β-unsaturated/α-hetero) is 2. The van der Waals surface area contributed by atoms with E-state index in [2.05, 4.69) is 6.92 Å². The average molecular weight is 596 g/mol. The standard InChI is InChI=1S/C32H20Cl2N4O2S/c1-32(10-23-29(19(13-37)14-38)24-15-41-16-25(24)31(23)40)5-2-3-17(4-6-32)7-22-28(18(11-35)12-36)20-8-26(33)27(34)9-21(20)30(22)39/h7-10,15-17H,2-6H2,1H3/b22-7-,23-10-. The van der Waals surface area contributed by atoms with Gasteiger partial charge < -0.3 is 0 Å². The van der Waals surface area contributed by atoms with Gasteiger partial charge in [-0.2, -0.15) is 32.4 Å². The molecule has 0 bridgehead atoms. The molecule has 0 aliphatic heterocycles. The first-order valence-electron chi connectivity index (χ1n) is 12.9. The minimum absolute atomic E-state index is 0.0210. The van der Waals surface area contributed by atoms with Gasteiger partial charge in [0.2, 0.25) is 0 Å². The highest BCUT2D eigenvalue weighted by Crippen LogP contribution is 2.47. The molecule has 0 amide bonds. The van der Waals surface area contributed by atoms with Crippen molar-refractivity contribution in [2.24, 2.45) is 11.3 Å². The van der Waals surface area contributed by atoms with Crippen LogP contribution in [-0.4, -0.2) is 11.6 Å². The molecular formula is C32H20Cl2N4O2S. The summed E-state index contributed by atoms with van der Waals surface area (Å²) in [7, 11) is 0. The lowest BCUT2D eigenvalue weighted by atomic mass is 9.79. The molecule has 200 valence electrons. The summed E-state index contributed by atoms with van der Waals surface area (Å²) in [5.41, 5.74) is 2.63. The Bertz CT molecular complexity index is 1820. The highest BCUT2D eigenvalue weighted by atomic mass is 35.5. The molecule has 6 nitrogen and oxygen atoms in total. The smallest absolute Gasteiger partial charge is 0.194 e. The minimum Gasteiger partial charge on any atom is -0.289 e. The lowest BCUT2D eigenvalue weighted by Crippen LogP contribution is -2.14. The van der Waals surface area contributed by atoms with Crippen molar-refractivity contribution in [1.29, 1.82) is 21.0 Å². The van der Waals surface area contributed by atoms with E-state index < -0.39 is 0 Å². The number of hydrogen-bond donors (Lipinski definition) is 0. The predicted molar refractivity (Wildman–Crippen MR) is 157 cm³/mol. The number of carbonyl (C=O) groups is 2. The zero-order valence-corrected chi connectivity index (χ0v) is 24.2. The first kappa shape index (κ1) is 28.3. The van der Waals surface area contributed by atoms with Crippen LogP contribution in [0.3, 0.4) is 0 Å². The van der Waals surface area contributed by atoms with Gasteiger partial charge in [-0.25, -0.2) is 0 Å². The van der Waals surface area contributed by atoms with E-state index in [-0.39, 0.29) is 49.7 Å². The largest absolute Gasteiger partial charge is 0.289 e. The normalized spacial score (nSPS) is 23.3. The number of ketones is 2. The third kappa shape index (κ3) is 4.84. The molecule has 3 aliphatic rings. The molecule has 0 N–H and O–H groups in total. The van der Waals surface area contributed by atoms with Gasteiger partial charge in [0.25, 0.3) is 0 Å². The molecule has 1 fully saturated rings. The van der Waals surface area contributed by atoms with Gasteiger partial charge in [-0.1, -0.05) is 48.7 Å². The molecule has 3 aliphatic carbocycles. The van der Waals surface area contributed by atoms with E-state index in [1.54, 1.807) is 10.8 Å². The van der Waals surface area contributed by atoms with Crippen molar-refractivity contribution in [3.63, 3.8) is 0 Å². The third-order valence-corrected chi connectivity index (χ3v) is 9.50. The molecule has 0 saturated heterocycles. The van der Waals surface area contributed by atoms with Crippen LogP contribution in [0, 0.1) is 56.7 Å². The number of benzene rings is 1. The van der Waals surface area contributed by atoms with Crippen LogP contribution in [0.2, 0.25) is 10.0 Å². The lowest BCUT2D eigenvalue weighted by Gasteiger charge is -2.25. The van der Waals surface area contributed by atoms with Crippen LogP contribution in [0.25, 0.3) is 11.1 Å². The second kappa shape index (κ2) is 11.0. The maximum atomic E-state index is 13.5. The van der Waals surface area contributed by atoms with Crippen LogP contribution in [0.1, 0.15) is 70.9 Å².